The van der Waals surface area contributed by atoms with Crippen LogP contribution >= 0.6 is 0 Å². The number of aromatic nitrogens is 2. The number of hydrogen-bond donors (Lipinski definition) is 3. The molecule has 1 fully saturated rings. The largest absolute Gasteiger partial charge is 0.383 e. The molecule has 0 bridgehead atoms. The molecule has 0 radical (unpaired) electrons. The molecule has 1 spiro atoms. The summed E-state index contributed by atoms with van der Waals surface area (Å²) in [6.07, 6.45) is 5.32. The van der Waals surface area contributed by atoms with Gasteiger partial charge in [0.25, 0.3) is 5.91 Å². The number of nitrogens with zero attached hydrogens (tertiary/aromatic N) is 2. The molecule has 1 saturated carbocycles. The number of Topliss-reactive ketones (excluding diaryl/α,β-unsaturated/α-hetero) is 1. The fourth-order valence-corrected chi connectivity index (χ4v) is 5.10. The lowest BCUT2D eigenvalue weighted by molar-refractivity contribution is 0.00701. The van der Waals surface area contributed by atoms with Gasteiger partial charge in [0.05, 0.1) is 11.1 Å². The van der Waals surface area contributed by atoms with E-state index in [2.05, 4.69) is 20.6 Å². The first kappa shape index (κ1) is 22.9. The maximum atomic E-state index is 15.9. The standard InChI is InChI=1S/C26H25F2N5O2/c1-15-22(29)30-14-31-23(15)32-17-12-18-20(24(35)33-25(18)10-6-3-7-11-25)19(13-17)26(27,28)21(34)16-8-4-2-5-9-16/h2,4-5,8-9,12-14H,3,6-7,10-11H2,1H3,(H,33,35)(H3,29,30,31,32). The number of amides is 1. The molecule has 1 aliphatic carbocycles. The van der Waals surface area contributed by atoms with Gasteiger partial charge >= 0.3 is 5.92 Å². The second-order valence-electron chi connectivity index (χ2n) is 9.17. The number of fused-ring (bicyclic) bond motifs is 2. The van der Waals surface area contributed by atoms with E-state index in [-0.39, 0.29) is 16.9 Å². The third kappa shape index (κ3) is 3.80. The van der Waals surface area contributed by atoms with Crippen LogP contribution in [0.3, 0.4) is 0 Å². The zero-order chi connectivity index (χ0) is 24.8. The summed E-state index contributed by atoms with van der Waals surface area (Å²) in [4.78, 5) is 34.2. The Labute approximate surface area is 201 Å². The van der Waals surface area contributed by atoms with E-state index >= 15 is 8.78 Å². The van der Waals surface area contributed by atoms with E-state index in [0.717, 1.165) is 19.3 Å². The Bertz CT molecular complexity index is 1320. The van der Waals surface area contributed by atoms with E-state index in [1.807, 2.05) is 0 Å². The molecule has 9 heteroatoms. The van der Waals surface area contributed by atoms with Gasteiger partial charge in [-0.25, -0.2) is 9.97 Å². The molecule has 3 aromatic rings. The van der Waals surface area contributed by atoms with Crippen LogP contribution in [-0.2, 0) is 11.5 Å². The Kier molecular flexibility index (Phi) is 5.50. The van der Waals surface area contributed by atoms with Crippen molar-refractivity contribution in [1.82, 2.24) is 15.3 Å². The van der Waals surface area contributed by atoms with E-state index in [1.165, 1.54) is 36.7 Å². The minimum atomic E-state index is -3.93. The van der Waals surface area contributed by atoms with Crippen LogP contribution in [0.4, 0.5) is 26.1 Å². The van der Waals surface area contributed by atoms with Crippen molar-refractivity contribution in [2.24, 2.45) is 0 Å². The first-order chi connectivity index (χ1) is 16.7. The lowest BCUT2D eigenvalue weighted by Gasteiger charge is -2.34. The smallest absolute Gasteiger partial charge is 0.335 e. The average Bonchev–Trinajstić information content (AvgIpc) is 3.12. The molecule has 1 amide bonds. The van der Waals surface area contributed by atoms with E-state index in [0.29, 0.717) is 35.5 Å². The van der Waals surface area contributed by atoms with Crippen LogP contribution < -0.4 is 16.4 Å². The highest BCUT2D eigenvalue weighted by Gasteiger charge is 2.51. The van der Waals surface area contributed by atoms with Crippen molar-refractivity contribution in [3.05, 3.63) is 76.6 Å². The van der Waals surface area contributed by atoms with Crippen LogP contribution in [0, 0.1) is 6.92 Å². The predicted molar refractivity (Wildman–Crippen MR) is 128 cm³/mol. The molecule has 1 aliphatic heterocycles. The Hall–Kier alpha value is -3.88. The lowest BCUT2D eigenvalue weighted by atomic mass is 9.76. The van der Waals surface area contributed by atoms with Crippen LogP contribution in [0.2, 0.25) is 0 Å². The molecule has 4 N–H and O–H groups in total. The van der Waals surface area contributed by atoms with Crippen molar-refractivity contribution in [2.75, 3.05) is 11.1 Å². The van der Waals surface area contributed by atoms with Gasteiger partial charge in [-0.05, 0) is 37.5 Å². The maximum absolute atomic E-state index is 15.9. The zero-order valence-electron chi connectivity index (χ0n) is 19.2. The maximum Gasteiger partial charge on any atom is 0.335 e. The molecule has 5 rings (SSSR count). The SMILES string of the molecule is Cc1c(N)ncnc1Nc1cc2c(c(C(F)(F)C(=O)c3ccccc3)c1)C(=O)NC21CCCCC1. The van der Waals surface area contributed by atoms with Gasteiger partial charge in [0.1, 0.15) is 18.0 Å². The second kappa shape index (κ2) is 8.41. The van der Waals surface area contributed by atoms with Crippen molar-refractivity contribution in [3.8, 4) is 0 Å². The van der Waals surface area contributed by atoms with Crippen LogP contribution in [-0.4, -0.2) is 21.7 Å². The number of rotatable bonds is 5. The highest BCUT2D eigenvalue weighted by Crippen LogP contribution is 2.48. The third-order valence-corrected chi connectivity index (χ3v) is 6.99. The molecular weight excluding hydrogens is 452 g/mol. The Balaban J connectivity index is 1.69. The molecule has 180 valence electrons. The highest BCUT2D eigenvalue weighted by atomic mass is 19.3. The minimum absolute atomic E-state index is 0.120. The number of halogens is 2. The molecular formula is C26H25F2N5O2. The van der Waals surface area contributed by atoms with Gasteiger partial charge in [-0.2, -0.15) is 8.78 Å². The summed E-state index contributed by atoms with van der Waals surface area (Å²) in [6.45, 7) is 1.72. The van der Waals surface area contributed by atoms with Crippen LogP contribution in [0.15, 0.2) is 48.8 Å². The summed E-state index contributed by atoms with van der Waals surface area (Å²) in [5.41, 5.74) is 5.63. The molecule has 1 aromatic heterocycles. The van der Waals surface area contributed by atoms with E-state index in [4.69, 9.17) is 5.73 Å². The van der Waals surface area contributed by atoms with Gasteiger partial charge in [0.15, 0.2) is 0 Å². The first-order valence-electron chi connectivity index (χ1n) is 11.6. The number of nitrogens with two attached hydrogens (primary N) is 1. The number of carbonyl (C=O) groups excluding carboxylic acids is 2. The van der Waals surface area contributed by atoms with Crippen molar-refractivity contribution in [2.45, 2.75) is 50.5 Å². The number of benzene rings is 2. The topological polar surface area (TPSA) is 110 Å². The fraction of sp³-hybridized carbons (Fsp3) is 0.308. The van der Waals surface area contributed by atoms with Crippen molar-refractivity contribution in [1.29, 1.82) is 0 Å². The van der Waals surface area contributed by atoms with E-state index < -0.39 is 28.7 Å². The quantitative estimate of drug-likeness (QED) is 0.447. The van der Waals surface area contributed by atoms with Gasteiger partial charge in [-0.3, -0.25) is 9.59 Å². The summed E-state index contributed by atoms with van der Waals surface area (Å²) >= 11 is 0. The summed E-state index contributed by atoms with van der Waals surface area (Å²) in [7, 11) is 0. The number of nitrogens with one attached hydrogen (secondary N) is 2. The summed E-state index contributed by atoms with van der Waals surface area (Å²) in [5, 5.41) is 6.04. The predicted octanol–water partition coefficient (Wildman–Crippen LogP) is 4.99. The number of carbonyl (C=O) groups is 2. The van der Waals surface area contributed by atoms with Crippen molar-refractivity contribution >= 4 is 29.0 Å². The third-order valence-electron chi connectivity index (χ3n) is 6.99. The average molecular weight is 478 g/mol. The Morgan fingerprint density at radius 3 is 2.54 bits per heavy atom. The Morgan fingerprint density at radius 1 is 1.11 bits per heavy atom. The molecule has 2 aliphatic rings. The molecule has 0 atom stereocenters. The number of anilines is 3. The summed E-state index contributed by atoms with van der Waals surface area (Å²) < 4.78 is 31.8. The Morgan fingerprint density at radius 2 is 1.83 bits per heavy atom. The van der Waals surface area contributed by atoms with E-state index in [1.54, 1.807) is 19.1 Å². The van der Waals surface area contributed by atoms with Gasteiger partial charge < -0.3 is 16.4 Å². The monoisotopic (exact) mass is 477 g/mol. The summed E-state index contributed by atoms with van der Waals surface area (Å²) in [6, 6.07) is 10.3. The molecule has 7 nitrogen and oxygen atoms in total. The lowest BCUT2D eigenvalue weighted by Crippen LogP contribution is -2.40. The number of ketones is 1. The van der Waals surface area contributed by atoms with Gasteiger partial charge in [0.2, 0.25) is 5.78 Å². The van der Waals surface area contributed by atoms with Crippen LogP contribution in [0.1, 0.15) is 69.5 Å². The fourth-order valence-electron chi connectivity index (χ4n) is 5.10. The van der Waals surface area contributed by atoms with Crippen molar-refractivity contribution in [3.63, 3.8) is 0 Å². The van der Waals surface area contributed by atoms with Crippen LogP contribution in [0.5, 0.6) is 0 Å². The first-order valence-corrected chi connectivity index (χ1v) is 11.6. The van der Waals surface area contributed by atoms with Gasteiger partial charge in [0, 0.05) is 22.4 Å². The van der Waals surface area contributed by atoms with Crippen molar-refractivity contribution < 1.29 is 18.4 Å². The molecule has 2 aromatic carbocycles. The zero-order valence-corrected chi connectivity index (χ0v) is 19.2. The second-order valence-corrected chi connectivity index (χ2v) is 9.17. The number of hydrogen-bond acceptors (Lipinski definition) is 6. The summed E-state index contributed by atoms with van der Waals surface area (Å²) in [5.74, 6) is -5.26. The normalized spacial score (nSPS) is 16.6. The van der Waals surface area contributed by atoms with Gasteiger partial charge in [-0.15, -0.1) is 0 Å². The molecule has 35 heavy (non-hydrogen) atoms. The molecule has 0 unspecified atom stereocenters. The molecule has 0 saturated heterocycles. The highest BCUT2D eigenvalue weighted by molar-refractivity contribution is 6.07. The van der Waals surface area contributed by atoms with Crippen LogP contribution in [0.25, 0.3) is 0 Å². The van der Waals surface area contributed by atoms with Gasteiger partial charge in [-0.1, -0.05) is 49.6 Å². The minimum Gasteiger partial charge on any atom is -0.383 e. The number of nitrogen functional groups attached to an aromatic ring is 1. The van der Waals surface area contributed by atoms with E-state index in [9.17, 15) is 9.59 Å². The molecule has 2 heterocycles. The number of alkyl halides is 2.